The molecule has 0 fully saturated rings. The number of nitrogens with one attached hydrogen (secondary N) is 2. The normalized spacial score (nSPS) is 18.6. The molecule has 2 N–H and O–H groups in total. The predicted molar refractivity (Wildman–Crippen MR) is 102 cm³/mol. The van der Waals surface area contributed by atoms with Crippen LogP contribution in [0.5, 0.6) is 11.5 Å². The van der Waals surface area contributed by atoms with Gasteiger partial charge < -0.3 is 20.1 Å². The Hall–Kier alpha value is -2.70. The van der Waals surface area contributed by atoms with Crippen molar-refractivity contribution in [2.24, 2.45) is 0 Å². The van der Waals surface area contributed by atoms with Crippen LogP contribution in [0.2, 0.25) is 0 Å². The maximum Gasteiger partial charge on any atom is 0.319 e. The molecule has 1 atom stereocenters. The van der Waals surface area contributed by atoms with Crippen molar-refractivity contribution in [2.75, 3.05) is 18.5 Å². The number of amides is 2. The van der Waals surface area contributed by atoms with Crippen molar-refractivity contribution in [3.8, 4) is 11.5 Å². The molecule has 7 nitrogen and oxygen atoms in total. The lowest BCUT2D eigenvalue weighted by molar-refractivity contribution is 0.171. The SMILES string of the molecule is CC(C)(C)n1ncc2c1CCCC2NC(=O)Nc1ccc2c(c1)OCCO2. The van der Waals surface area contributed by atoms with Crippen molar-refractivity contribution >= 4 is 11.7 Å². The van der Waals surface area contributed by atoms with E-state index in [4.69, 9.17) is 9.47 Å². The first-order valence-electron chi connectivity index (χ1n) is 9.46. The van der Waals surface area contributed by atoms with Gasteiger partial charge in [0.05, 0.1) is 17.8 Å². The van der Waals surface area contributed by atoms with Gasteiger partial charge in [0.2, 0.25) is 0 Å². The molecular formula is C20H26N4O3. The summed E-state index contributed by atoms with van der Waals surface area (Å²) in [4.78, 5) is 12.5. The molecule has 2 heterocycles. The van der Waals surface area contributed by atoms with Gasteiger partial charge >= 0.3 is 6.03 Å². The van der Waals surface area contributed by atoms with E-state index in [9.17, 15) is 4.79 Å². The first-order chi connectivity index (χ1) is 12.9. The quantitative estimate of drug-likeness (QED) is 0.847. The van der Waals surface area contributed by atoms with Gasteiger partial charge in [0, 0.05) is 23.0 Å². The fourth-order valence-electron chi connectivity index (χ4n) is 3.73. The third-order valence-electron chi connectivity index (χ3n) is 4.92. The highest BCUT2D eigenvalue weighted by Gasteiger charge is 2.29. The molecule has 27 heavy (non-hydrogen) atoms. The van der Waals surface area contributed by atoms with E-state index in [0.29, 0.717) is 30.4 Å². The van der Waals surface area contributed by atoms with Crippen LogP contribution in [0.1, 0.15) is 50.9 Å². The third-order valence-corrected chi connectivity index (χ3v) is 4.92. The van der Waals surface area contributed by atoms with Crippen molar-refractivity contribution in [1.29, 1.82) is 0 Å². The fraction of sp³-hybridized carbons (Fsp3) is 0.500. The second-order valence-electron chi connectivity index (χ2n) is 8.03. The van der Waals surface area contributed by atoms with Gasteiger partial charge in [-0.2, -0.15) is 5.10 Å². The van der Waals surface area contributed by atoms with Gasteiger partial charge in [-0.05, 0) is 52.2 Å². The lowest BCUT2D eigenvalue weighted by atomic mass is 9.92. The number of hydrogen-bond acceptors (Lipinski definition) is 4. The van der Waals surface area contributed by atoms with E-state index < -0.39 is 0 Å². The van der Waals surface area contributed by atoms with Crippen molar-refractivity contribution in [3.63, 3.8) is 0 Å². The van der Waals surface area contributed by atoms with Crippen molar-refractivity contribution in [1.82, 2.24) is 15.1 Å². The number of rotatable bonds is 2. The van der Waals surface area contributed by atoms with Crippen LogP contribution in [0.15, 0.2) is 24.4 Å². The number of benzene rings is 1. The average Bonchev–Trinajstić information content (AvgIpc) is 3.07. The Balaban J connectivity index is 1.46. The van der Waals surface area contributed by atoms with Crippen LogP contribution in [0.25, 0.3) is 0 Å². The minimum atomic E-state index is -0.229. The van der Waals surface area contributed by atoms with Crippen LogP contribution in [-0.2, 0) is 12.0 Å². The van der Waals surface area contributed by atoms with Crippen LogP contribution in [0.3, 0.4) is 0 Å². The van der Waals surface area contributed by atoms with E-state index in [-0.39, 0.29) is 17.6 Å². The summed E-state index contributed by atoms with van der Waals surface area (Å²) in [6.07, 6.45) is 4.84. The molecule has 1 aliphatic heterocycles. The summed E-state index contributed by atoms with van der Waals surface area (Å²) < 4.78 is 13.2. The minimum absolute atomic E-state index is 0.0259. The van der Waals surface area contributed by atoms with Gasteiger partial charge in [-0.1, -0.05) is 0 Å². The summed E-state index contributed by atoms with van der Waals surface area (Å²) in [6.45, 7) is 7.50. The summed E-state index contributed by atoms with van der Waals surface area (Å²) in [6, 6.07) is 5.17. The molecule has 0 saturated heterocycles. The highest BCUT2D eigenvalue weighted by molar-refractivity contribution is 5.90. The summed E-state index contributed by atoms with van der Waals surface area (Å²) in [5.41, 5.74) is 2.95. The highest BCUT2D eigenvalue weighted by atomic mass is 16.6. The van der Waals surface area contributed by atoms with Crippen molar-refractivity contribution in [3.05, 3.63) is 35.7 Å². The Morgan fingerprint density at radius 1 is 1.22 bits per heavy atom. The van der Waals surface area contributed by atoms with Crippen LogP contribution >= 0.6 is 0 Å². The molecule has 144 valence electrons. The lowest BCUT2D eigenvalue weighted by Crippen LogP contribution is -2.35. The van der Waals surface area contributed by atoms with Gasteiger partial charge in [-0.25, -0.2) is 4.79 Å². The second-order valence-corrected chi connectivity index (χ2v) is 8.03. The minimum Gasteiger partial charge on any atom is -0.486 e. The Bertz CT molecular complexity index is 853. The van der Waals surface area contributed by atoms with Crippen molar-refractivity contribution < 1.29 is 14.3 Å². The van der Waals surface area contributed by atoms with Gasteiger partial charge in [0.15, 0.2) is 11.5 Å². The summed E-state index contributed by atoms with van der Waals surface area (Å²) in [5, 5.41) is 10.6. The molecule has 1 aromatic heterocycles. The molecule has 1 aliphatic carbocycles. The van der Waals surface area contributed by atoms with E-state index in [0.717, 1.165) is 24.8 Å². The number of aromatic nitrogens is 2. The summed E-state index contributed by atoms with van der Waals surface area (Å²) >= 11 is 0. The van der Waals surface area contributed by atoms with E-state index >= 15 is 0 Å². The number of carbonyl (C=O) groups is 1. The average molecular weight is 370 g/mol. The summed E-state index contributed by atoms with van der Waals surface area (Å²) in [5.74, 6) is 1.36. The van der Waals surface area contributed by atoms with Crippen LogP contribution in [0.4, 0.5) is 10.5 Å². The standard InChI is InChI=1S/C20H26N4O3/c1-20(2,3)24-16-6-4-5-15(14(16)12-21-24)23-19(25)22-13-7-8-17-18(11-13)27-10-9-26-17/h7-8,11-12,15H,4-6,9-10H2,1-3H3,(H2,22,23,25). The van der Waals surface area contributed by atoms with E-state index in [1.54, 1.807) is 6.07 Å². The number of nitrogens with zero attached hydrogens (tertiary/aromatic N) is 2. The molecule has 4 rings (SSSR count). The summed E-state index contributed by atoms with van der Waals surface area (Å²) in [7, 11) is 0. The predicted octanol–water partition coefficient (Wildman–Crippen LogP) is 3.61. The molecule has 0 radical (unpaired) electrons. The van der Waals surface area contributed by atoms with Crippen molar-refractivity contribution in [2.45, 2.75) is 51.6 Å². The number of urea groups is 1. The largest absolute Gasteiger partial charge is 0.486 e. The van der Waals surface area contributed by atoms with E-state index in [1.807, 2.05) is 18.3 Å². The molecule has 7 heteroatoms. The number of carbonyl (C=O) groups excluding carboxylic acids is 1. The second kappa shape index (κ2) is 6.79. The Labute approximate surface area is 159 Å². The molecular weight excluding hydrogens is 344 g/mol. The molecule has 1 aromatic carbocycles. The Morgan fingerprint density at radius 2 is 2.00 bits per heavy atom. The number of hydrogen-bond donors (Lipinski definition) is 2. The van der Waals surface area contributed by atoms with Crippen LogP contribution in [0, 0.1) is 0 Å². The van der Waals surface area contributed by atoms with Crippen LogP contribution < -0.4 is 20.1 Å². The number of anilines is 1. The Kier molecular flexibility index (Phi) is 4.45. The zero-order valence-corrected chi connectivity index (χ0v) is 16.0. The lowest BCUT2D eigenvalue weighted by Gasteiger charge is -2.28. The van der Waals surface area contributed by atoms with Gasteiger partial charge in [-0.15, -0.1) is 0 Å². The van der Waals surface area contributed by atoms with Gasteiger partial charge in [0.25, 0.3) is 0 Å². The molecule has 2 aromatic rings. The molecule has 2 aliphatic rings. The highest BCUT2D eigenvalue weighted by Crippen LogP contribution is 2.34. The molecule has 0 saturated carbocycles. The zero-order valence-electron chi connectivity index (χ0n) is 16.0. The Morgan fingerprint density at radius 3 is 2.78 bits per heavy atom. The first kappa shape index (κ1) is 17.7. The molecule has 0 spiro atoms. The zero-order chi connectivity index (χ0) is 19.0. The first-order valence-corrected chi connectivity index (χ1v) is 9.46. The number of ether oxygens (including phenoxy) is 2. The monoisotopic (exact) mass is 370 g/mol. The smallest absolute Gasteiger partial charge is 0.319 e. The van der Waals surface area contributed by atoms with Gasteiger partial charge in [0.1, 0.15) is 13.2 Å². The molecule has 1 unspecified atom stereocenters. The van der Waals surface area contributed by atoms with Gasteiger partial charge in [-0.3, -0.25) is 4.68 Å². The fourth-order valence-corrected chi connectivity index (χ4v) is 3.73. The molecule has 2 amide bonds. The maximum absolute atomic E-state index is 12.5. The van der Waals surface area contributed by atoms with E-state index in [1.165, 1.54) is 5.69 Å². The van der Waals surface area contributed by atoms with Crippen LogP contribution in [-0.4, -0.2) is 29.0 Å². The molecule has 0 bridgehead atoms. The number of fused-ring (bicyclic) bond motifs is 2. The third kappa shape index (κ3) is 3.59. The maximum atomic E-state index is 12.5. The van der Waals surface area contributed by atoms with E-state index in [2.05, 4.69) is 41.2 Å². The topological polar surface area (TPSA) is 77.4 Å².